The molecule has 6 nitrogen and oxygen atoms in total. The maximum absolute atomic E-state index is 11.6. The molecule has 0 bridgehead atoms. The van der Waals surface area contributed by atoms with Crippen molar-refractivity contribution in [3.8, 4) is 11.5 Å². The molecule has 25 heavy (non-hydrogen) atoms. The first kappa shape index (κ1) is 18.1. The van der Waals surface area contributed by atoms with E-state index in [0.29, 0.717) is 17.4 Å². The average Bonchev–Trinajstić information content (AvgIpc) is 2.65. The predicted molar refractivity (Wildman–Crippen MR) is 93.7 cm³/mol. The number of hydrogen-bond donors (Lipinski definition) is 2. The fourth-order valence-corrected chi connectivity index (χ4v) is 2.10. The van der Waals surface area contributed by atoms with Crippen LogP contribution in [0.4, 0.5) is 4.79 Å². The fraction of sp³-hybridized carbons (Fsp3) is 0.158. The normalized spacial score (nSPS) is 10.4. The Balaban J connectivity index is 1.86. The topological polar surface area (TPSA) is 84.9 Å². The van der Waals surface area contributed by atoms with Gasteiger partial charge in [0, 0.05) is 17.7 Å². The lowest BCUT2D eigenvalue weighted by atomic mass is 10.1. The SMILES string of the molecule is COc1cc(C=O)cc(C=CCNC(=O)OCc2ccccc2)c1O. The largest absolute Gasteiger partial charge is 0.504 e. The van der Waals surface area contributed by atoms with Crippen molar-refractivity contribution in [2.24, 2.45) is 0 Å². The summed E-state index contributed by atoms with van der Waals surface area (Å²) < 4.78 is 10.1. The molecule has 0 fully saturated rings. The van der Waals surface area contributed by atoms with Gasteiger partial charge in [-0.2, -0.15) is 0 Å². The van der Waals surface area contributed by atoms with Gasteiger partial charge in [0.2, 0.25) is 0 Å². The third-order valence-corrected chi connectivity index (χ3v) is 3.36. The molecule has 0 aliphatic heterocycles. The molecule has 0 radical (unpaired) electrons. The number of carbonyl (C=O) groups is 2. The highest BCUT2D eigenvalue weighted by Gasteiger charge is 2.08. The minimum Gasteiger partial charge on any atom is -0.504 e. The molecule has 0 saturated heterocycles. The fourth-order valence-electron chi connectivity index (χ4n) is 2.10. The molecule has 0 saturated carbocycles. The van der Waals surface area contributed by atoms with Crippen molar-refractivity contribution in [2.75, 3.05) is 13.7 Å². The Kier molecular flexibility index (Phi) is 6.59. The Morgan fingerprint density at radius 1 is 1.24 bits per heavy atom. The molecule has 2 aromatic carbocycles. The van der Waals surface area contributed by atoms with Crippen molar-refractivity contribution in [1.82, 2.24) is 5.32 Å². The summed E-state index contributed by atoms with van der Waals surface area (Å²) in [5, 5.41) is 12.6. The van der Waals surface area contributed by atoms with Crippen LogP contribution in [0.25, 0.3) is 6.08 Å². The van der Waals surface area contributed by atoms with Gasteiger partial charge in [-0.1, -0.05) is 42.5 Å². The van der Waals surface area contributed by atoms with Crippen molar-refractivity contribution in [1.29, 1.82) is 0 Å². The lowest BCUT2D eigenvalue weighted by Crippen LogP contribution is -2.24. The lowest BCUT2D eigenvalue weighted by Gasteiger charge is -2.07. The predicted octanol–water partition coefficient (Wildman–Crippen LogP) is 3.15. The molecule has 2 rings (SSSR count). The van der Waals surface area contributed by atoms with Gasteiger partial charge in [0.1, 0.15) is 12.9 Å². The monoisotopic (exact) mass is 341 g/mol. The summed E-state index contributed by atoms with van der Waals surface area (Å²) >= 11 is 0. The van der Waals surface area contributed by atoms with Crippen LogP contribution in [0.3, 0.4) is 0 Å². The van der Waals surface area contributed by atoms with Gasteiger partial charge in [-0.3, -0.25) is 4.79 Å². The summed E-state index contributed by atoms with van der Waals surface area (Å²) in [6, 6.07) is 12.3. The number of phenolic OH excluding ortho intramolecular Hbond substituents is 1. The van der Waals surface area contributed by atoms with Crippen molar-refractivity contribution < 1.29 is 24.2 Å². The first-order valence-electron chi connectivity index (χ1n) is 7.61. The molecule has 0 aliphatic rings. The molecule has 0 spiro atoms. The number of alkyl carbamates (subject to hydrolysis) is 1. The smallest absolute Gasteiger partial charge is 0.407 e. The Morgan fingerprint density at radius 3 is 2.68 bits per heavy atom. The lowest BCUT2D eigenvalue weighted by molar-refractivity contribution is 0.112. The minimum absolute atomic E-state index is 0.0731. The van der Waals surface area contributed by atoms with Crippen LogP contribution < -0.4 is 10.1 Å². The van der Waals surface area contributed by atoms with Crippen LogP contribution in [0.5, 0.6) is 11.5 Å². The van der Waals surface area contributed by atoms with Crippen molar-refractivity contribution in [3.05, 3.63) is 65.2 Å². The first-order chi connectivity index (χ1) is 12.1. The van der Waals surface area contributed by atoms with Crippen molar-refractivity contribution in [3.63, 3.8) is 0 Å². The van der Waals surface area contributed by atoms with Gasteiger partial charge in [-0.05, 0) is 17.7 Å². The maximum Gasteiger partial charge on any atom is 0.407 e. The second-order valence-corrected chi connectivity index (χ2v) is 5.12. The molecule has 2 N–H and O–H groups in total. The number of aromatic hydroxyl groups is 1. The van der Waals surface area contributed by atoms with E-state index in [1.165, 1.54) is 19.2 Å². The number of rotatable bonds is 7. The van der Waals surface area contributed by atoms with Crippen LogP contribution in [0, 0.1) is 0 Å². The number of aldehydes is 1. The van der Waals surface area contributed by atoms with Crippen LogP contribution >= 0.6 is 0 Å². The quantitative estimate of drug-likeness (QED) is 0.756. The first-order valence-corrected chi connectivity index (χ1v) is 7.61. The van der Waals surface area contributed by atoms with E-state index in [9.17, 15) is 14.7 Å². The Labute approximate surface area is 145 Å². The van der Waals surface area contributed by atoms with Crippen LogP contribution in [0.15, 0.2) is 48.5 Å². The number of benzene rings is 2. The maximum atomic E-state index is 11.6. The van der Waals surface area contributed by atoms with E-state index >= 15 is 0 Å². The summed E-state index contributed by atoms with van der Waals surface area (Å²) in [5.74, 6) is 0.135. The molecule has 0 heterocycles. The van der Waals surface area contributed by atoms with Gasteiger partial charge < -0.3 is 19.9 Å². The van der Waals surface area contributed by atoms with E-state index in [0.717, 1.165) is 5.56 Å². The third kappa shape index (κ3) is 5.39. The summed E-state index contributed by atoms with van der Waals surface area (Å²) in [6.07, 6.45) is 3.34. The number of amides is 1. The van der Waals surface area contributed by atoms with Gasteiger partial charge in [-0.15, -0.1) is 0 Å². The molecule has 2 aromatic rings. The Bertz CT molecular complexity index is 756. The van der Waals surface area contributed by atoms with Crippen LogP contribution in [-0.4, -0.2) is 31.1 Å². The number of carbonyl (C=O) groups excluding carboxylic acids is 2. The van der Waals surface area contributed by atoms with Crippen molar-refractivity contribution in [2.45, 2.75) is 6.61 Å². The number of ether oxygens (including phenoxy) is 2. The molecular formula is C19H19NO5. The van der Waals surface area contributed by atoms with E-state index in [-0.39, 0.29) is 24.7 Å². The molecule has 1 amide bonds. The van der Waals surface area contributed by atoms with Crippen molar-refractivity contribution >= 4 is 18.5 Å². The third-order valence-electron chi connectivity index (χ3n) is 3.36. The second-order valence-electron chi connectivity index (χ2n) is 5.12. The van der Waals surface area contributed by atoms with Gasteiger partial charge in [0.25, 0.3) is 0 Å². The van der Waals surface area contributed by atoms with Gasteiger partial charge >= 0.3 is 6.09 Å². The zero-order valence-corrected chi connectivity index (χ0v) is 13.8. The van der Waals surface area contributed by atoms with Gasteiger partial charge in [0.15, 0.2) is 11.5 Å². The average molecular weight is 341 g/mol. The van der Waals surface area contributed by atoms with E-state index in [2.05, 4.69) is 5.32 Å². The van der Waals surface area contributed by atoms with Crippen LogP contribution in [0.2, 0.25) is 0 Å². The Morgan fingerprint density at radius 2 is 2.00 bits per heavy atom. The Hall–Kier alpha value is -3.28. The second kappa shape index (κ2) is 9.12. The number of nitrogens with one attached hydrogen (secondary N) is 1. The molecular weight excluding hydrogens is 322 g/mol. The highest BCUT2D eigenvalue weighted by Crippen LogP contribution is 2.31. The highest BCUT2D eigenvalue weighted by atomic mass is 16.5. The van der Waals surface area contributed by atoms with Crippen LogP contribution in [0.1, 0.15) is 21.5 Å². The van der Waals surface area contributed by atoms with E-state index < -0.39 is 6.09 Å². The highest BCUT2D eigenvalue weighted by molar-refractivity contribution is 5.79. The van der Waals surface area contributed by atoms with E-state index in [1.54, 1.807) is 12.2 Å². The van der Waals surface area contributed by atoms with E-state index in [1.807, 2.05) is 30.3 Å². The number of hydrogen-bond acceptors (Lipinski definition) is 5. The summed E-state index contributed by atoms with van der Waals surface area (Å²) in [7, 11) is 1.40. The summed E-state index contributed by atoms with van der Waals surface area (Å²) in [5.41, 5.74) is 1.70. The zero-order valence-electron chi connectivity index (χ0n) is 13.8. The number of phenols is 1. The minimum atomic E-state index is -0.544. The zero-order chi connectivity index (χ0) is 18.1. The molecule has 6 heteroatoms. The summed E-state index contributed by atoms with van der Waals surface area (Å²) in [4.78, 5) is 22.5. The summed E-state index contributed by atoms with van der Waals surface area (Å²) in [6.45, 7) is 0.399. The van der Waals surface area contributed by atoms with Gasteiger partial charge in [0.05, 0.1) is 7.11 Å². The van der Waals surface area contributed by atoms with Gasteiger partial charge in [-0.25, -0.2) is 4.79 Å². The molecule has 0 atom stereocenters. The molecule has 130 valence electrons. The van der Waals surface area contributed by atoms with Crippen LogP contribution in [-0.2, 0) is 11.3 Å². The molecule has 0 aromatic heterocycles. The van der Waals surface area contributed by atoms with E-state index in [4.69, 9.17) is 9.47 Å². The number of methoxy groups -OCH3 is 1. The molecule has 0 unspecified atom stereocenters. The molecule has 0 aliphatic carbocycles. The standard InChI is InChI=1S/C19H19NO5/c1-24-17-11-15(12-21)10-16(18(17)22)8-5-9-20-19(23)25-13-14-6-3-2-4-7-14/h2-8,10-12,22H,9,13H2,1H3,(H,20,23).